The summed E-state index contributed by atoms with van der Waals surface area (Å²) in [7, 11) is 0. The highest BCUT2D eigenvalue weighted by molar-refractivity contribution is 6.36. The van der Waals surface area contributed by atoms with Gasteiger partial charge in [0.25, 0.3) is 11.8 Å². The largest absolute Gasteiger partial charge is 0.350 e. The number of nitrogens with zero attached hydrogens (tertiary/aromatic N) is 1. The van der Waals surface area contributed by atoms with Crippen molar-refractivity contribution in [1.29, 1.82) is 0 Å². The van der Waals surface area contributed by atoms with Crippen molar-refractivity contribution in [3.8, 4) is 0 Å². The monoisotopic (exact) mass is 396 g/mol. The Bertz CT molecular complexity index is 1150. The summed E-state index contributed by atoms with van der Waals surface area (Å²) in [6.45, 7) is 6.29. The van der Waals surface area contributed by atoms with E-state index in [0.29, 0.717) is 11.3 Å². The molecule has 0 aliphatic carbocycles. The molecule has 0 saturated carbocycles. The topological polar surface area (TPSA) is 49.4 Å². The molecular weight excluding hydrogens is 372 g/mol. The van der Waals surface area contributed by atoms with E-state index in [9.17, 15) is 9.59 Å². The maximum Gasteiger partial charge on any atom is 0.278 e. The second-order valence-electron chi connectivity index (χ2n) is 7.72. The minimum absolute atomic E-state index is 0.242. The molecule has 0 aromatic heterocycles. The van der Waals surface area contributed by atoms with E-state index in [1.54, 1.807) is 0 Å². The second-order valence-corrected chi connectivity index (χ2v) is 7.72. The minimum Gasteiger partial charge on any atom is -0.350 e. The zero-order valence-corrected chi connectivity index (χ0v) is 17.4. The van der Waals surface area contributed by atoms with Crippen molar-refractivity contribution in [3.05, 3.63) is 106 Å². The summed E-state index contributed by atoms with van der Waals surface area (Å²) in [5, 5.41) is 3.21. The van der Waals surface area contributed by atoms with Crippen molar-refractivity contribution in [1.82, 2.24) is 4.90 Å². The van der Waals surface area contributed by atoms with Crippen molar-refractivity contribution >= 4 is 23.1 Å². The zero-order valence-electron chi connectivity index (χ0n) is 17.4. The molecule has 1 heterocycles. The van der Waals surface area contributed by atoms with Crippen LogP contribution in [0, 0.1) is 20.8 Å². The summed E-state index contributed by atoms with van der Waals surface area (Å²) < 4.78 is 0. The first-order valence-corrected chi connectivity index (χ1v) is 10.00. The van der Waals surface area contributed by atoms with Crippen LogP contribution >= 0.6 is 0 Å². The summed E-state index contributed by atoms with van der Waals surface area (Å²) in [6, 6.07) is 23.2. The van der Waals surface area contributed by atoms with Crippen LogP contribution in [0.2, 0.25) is 0 Å². The molecule has 4 nitrogen and oxygen atoms in total. The van der Waals surface area contributed by atoms with Crippen LogP contribution in [-0.4, -0.2) is 16.7 Å². The van der Waals surface area contributed by atoms with Gasteiger partial charge in [-0.1, -0.05) is 66.2 Å². The molecular formula is C26H24N2O2. The van der Waals surface area contributed by atoms with Gasteiger partial charge in [0.2, 0.25) is 0 Å². The first kappa shape index (κ1) is 19.6. The van der Waals surface area contributed by atoms with E-state index in [-0.39, 0.29) is 18.4 Å². The molecule has 4 heteroatoms. The molecule has 1 aliphatic heterocycles. The molecule has 30 heavy (non-hydrogen) atoms. The second kappa shape index (κ2) is 7.99. The molecule has 0 radical (unpaired) electrons. The van der Waals surface area contributed by atoms with Gasteiger partial charge in [0.05, 0.1) is 12.1 Å². The normalized spacial score (nSPS) is 13.9. The number of carbonyl (C=O) groups is 2. The summed E-state index contributed by atoms with van der Waals surface area (Å²) in [6.07, 6.45) is 0. The number of amides is 2. The predicted octanol–water partition coefficient (Wildman–Crippen LogP) is 5.00. The molecule has 4 rings (SSSR count). The number of nitrogens with one attached hydrogen (secondary N) is 1. The van der Waals surface area contributed by atoms with Crippen LogP contribution in [0.25, 0.3) is 5.57 Å². The van der Waals surface area contributed by atoms with Gasteiger partial charge in [-0.2, -0.15) is 0 Å². The van der Waals surface area contributed by atoms with Crippen molar-refractivity contribution < 1.29 is 9.59 Å². The Kier molecular flexibility index (Phi) is 5.23. The summed E-state index contributed by atoms with van der Waals surface area (Å²) >= 11 is 0. The van der Waals surface area contributed by atoms with Gasteiger partial charge in [0.15, 0.2) is 0 Å². The van der Waals surface area contributed by atoms with E-state index in [1.165, 1.54) is 4.90 Å². The molecule has 0 unspecified atom stereocenters. The van der Waals surface area contributed by atoms with Gasteiger partial charge in [0.1, 0.15) is 5.70 Å². The van der Waals surface area contributed by atoms with Crippen molar-refractivity contribution in [2.75, 3.05) is 5.32 Å². The Morgan fingerprint density at radius 2 is 1.47 bits per heavy atom. The molecule has 1 aliphatic rings. The van der Waals surface area contributed by atoms with Crippen LogP contribution in [-0.2, 0) is 16.1 Å². The highest BCUT2D eigenvalue weighted by Gasteiger charge is 2.39. The van der Waals surface area contributed by atoms with Crippen LogP contribution in [0.5, 0.6) is 0 Å². The van der Waals surface area contributed by atoms with Gasteiger partial charge in [0, 0.05) is 5.69 Å². The number of hydrogen-bond acceptors (Lipinski definition) is 3. The van der Waals surface area contributed by atoms with Crippen molar-refractivity contribution in [3.63, 3.8) is 0 Å². The molecule has 0 bridgehead atoms. The van der Waals surface area contributed by atoms with Crippen LogP contribution in [0.15, 0.2) is 78.5 Å². The smallest absolute Gasteiger partial charge is 0.278 e. The Morgan fingerprint density at radius 1 is 0.767 bits per heavy atom. The van der Waals surface area contributed by atoms with Crippen molar-refractivity contribution in [2.24, 2.45) is 0 Å². The number of benzene rings is 3. The molecule has 0 saturated heterocycles. The first-order valence-electron chi connectivity index (χ1n) is 10.00. The number of rotatable bonds is 5. The lowest BCUT2D eigenvalue weighted by atomic mass is 9.99. The standard InChI is InChI=1S/C26H24N2O2/c1-17-9-13-22(14-10-17)27-24-23(21-12-11-18(2)19(3)15-21)25(29)28(26(24)30)16-20-7-5-4-6-8-20/h4-15,27H,16H2,1-3H3. The van der Waals surface area contributed by atoms with E-state index in [0.717, 1.165) is 33.5 Å². The maximum atomic E-state index is 13.4. The fourth-order valence-corrected chi connectivity index (χ4v) is 3.55. The fraction of sp³-hybridized carbons (Fsp3) is 0.154. The molecule has 3 aromatic rings. The van der Waals surface area contributed by atoms with E-state index >= 15 is 0 Å². The maximum absolute atomic E-state index is 13.4. The summed E-state index contributed by atoms with van der Waals surface area (Å²) in [5.41, 5.74) is 6.53. The van der Waals surface area contributed by atoms with E-state index in [4.69, 9.17) is 0 Å². The minimum atomic E-state index is -0.308. The third-order valence-electron chi connectivity index (χ3n) is 5.47. The van der Waals surface area contributed by atoms with Crippen LogP contribution in [0.1, 0.15) is 27.8 Å². The molecule has 0 spiro atoms. The van der Waals surface area contributed by atoms with Gasteiger partial charge in [-0.15, -0.1) is 0 Å². The average molecular weight is 396 g/mol. The summed E-state index contributed by atoms with van der Waals surface area (Å²) in [5.74, 6) is -0.584. The quantitative estimate of drug-likeness (QED) is 0.617. The van der Waals surface area contributed by atoms with Gasteiger partial charge >= 0.3 is 0 Å². The van der Waals surface area contributed by atoms with E-state index in [2.05, 4.69) is 5.32 Å². The van der Waals surface area contributed by atoms with Crippen LogP contribution in [0.4, 0.5) is 5.69 Å². The Labute approximate surface area is 176 Å². The third kappa shape index (κ3) is 3.77. The lowest BCUT2D eigenvalue weighted by Gasteiger charge is -2.15. The van der Waals surface area contributed by atoms with Crippen LogP contribution in [0.3, 0.4) is 0 Å². The first-order chi connectivity index (χ1) is 14.4. The molecule has 0 fully saturated rings. The van der Waals surface area contributed by atoms with Crippen molar-refractivity contribution in [2.45, 2.75) is 27.3 Å². The summed E-state index contributed by atoms with van der Waals surface area (Å²) in [4.78, 5) is 28.0. The Hall–Kier alpha value is -3.66. The Balaban J connectivity index is 1.76. The SMILES string of the molecule is Cc1ccc(NC2=C(c3ccc(C)c(C)c3)C(=O)N(Cc3ccccc3)C2=O)cc1. The number of hydrogen-bond donors (Lipinski definition) is 1. The predicted molar refractivity (Wildman–Crippen MR) is 120 cm³/mol. The zero-order chi connectivity index (χ0) is 21.3. The molecule has 150 valence electrons. The highest BCUT2D eigenvalue weighted by atomic mass is 16.2. The van der Waals surface area contributed by atoms with Gasteiger partial charge < -0.3 is 5.32 Å². The Morgan fingerprint density at radius 3 is 2.13 bits per heavy atom. The average Bonchev–Trinajstić information content (AvgIpc) is 2.97. The molecule has 3 aromatic carbocycles. The number of carbonyl (C=O) groups excluding carboxylic acids is 2. The lowest BCUT2D eigenvalue weighted by Crippen LogP contribution is -2.32. The van der Waals surface area contributed by atoms with E-state index in [1.807, 2.05) is 93.6 Å². The molecule has 0 atom stereocenters. The van der Waals surface area contributed by atoms with Gasteiger partial charge in [-0.05, 0) is 55.2 Å². The van der Waals surface area contributed by atoms with Crippen LogP contribution < -0.4 is 5.32 Å². The lowest BCUT2D eigenvalue weighted by molar-refractivity contribution is -0.137. The van der Waals surface area contributed by atoms with E-state index < -0.39 is 0 Å². The number of imide groups is 1. The molecule has 2 amide bonds. The third-order valence-corrected chi connectivity index (χ3v) is 5.47. The number of aryl methyl sites for hydroxylation is 3. The van der Waals surface area contributed by atoms with Gasteiger partial charge in [-0.3, -0.25) is 14.5 Å². The fourth-order valence-electron chi connectivity index (χ4n) is 3.55. The van der Waals surface area contributed by atoms with Gasteiger partial charge in [-0.25, -0.2) is 0 Å². The number of anilines is 1. The molecule has 1 N–H and O–H groups in total. The highest BCUT2D eigenvalue weighted by Crippen LogP contribution is 2.32.